The van der Waals surface area contributed by atoms with Crippen molar-refractivity contribution in [3.05, 3.63) is 42.0 Å². The number of benzene rings is 1. The monoisotopic (exact) mass is 304 g/mol. The zero-order valence-electron chi connectivity index (χ0n) is 12.8. The molecule has 6 heteroatoms. The van der Waals surface area contributed by atoms with Crippen molar-refractivity contribution >= 4 is 24.3 Å². The lowest BCUT2D eigenvalue weighted by Crippen LogP contribution is -2.46. The molecule has 0 unspecified atom stereocenters. The highest BCUT2D eigenvalue weighted by molar-refractivity contribution is 6.03. The number of amides is 3. The van der Waals surface area contributed by atoms with Gasteiger partial charge in [0.2, 0.25) is 0 Å². The Hall–Kier alpha value is -2.47. The molecule has 0 aliphatic carbocycles. The van der Waals surface area contributed by atoms with Gasteiger partial charge in [-0.3, -0.25) is 14.5 Å². The maximum Gasteiger partial charge on any atom is 0.351 e. The van der Waals surface area contributed by atoms with Gasteiger partial charge in [-0.15, -0.1) is 0 Å². The van der Waals surface area contributed by atoms with E-state index in [1.54, 1.807) is 6.08 Å². The van der Waals surface area contributed by atoms with Gasteiger partial charge >= 0.3 is 6.03 Å². The van der Waals surface area contributed by atoms with Gasteiger partial charge in [-0.25, -0.2) is 9.86 Å². The molecule has 0 saturated heterocycles. The molecule has 118 valence electrons. The van der Waals surface area contributed by atoms with E-state index in [9.17, 15) is 14.4 Å². The van der Waals surface area contributed by atoms with E-state index in [0.717, 1.165) is 15.5 Å². The number of nitrogens with zero attached hydrogens (tertiary/aromatic N) is 2. The van der Waals surface area contributed by atoms with Gasteiger partial charge in [-0.1, -0.05) is 37.3 Å². The fourth-order valence-corrected chi connectivity index (χ4v) is 1.76. The topological polar surface area (TPSA) is 66.9 Å². The number of hydroxylamine groups is 2. The smallest absolute Gasteiger partial charge is 0.301 e. The average molecular weight is 304 g/mol. The van der Waals surface area contributed by atoms with Crippen LogP contribution in [0.3, 0.4) is 0 Å². The molecule has 1 aromatic rings. The van der Waals surface area contributed by atoms with Crippen LogP contribution in [0.5, 0.6) is 0 Å². The van der Waals surface area contributed by atoms with Gasteiger partial charge in [0.05, 0.1) is 20.2 Å². The number of hydrogen-bond donors (Lipinski definition) is 0. The van der Waals surface area contributed by atoms with E-state index in [4.69, 9.17) is 4.84 Å². The number of urea groups is 1. The molecule has 0 N–H and O–H groups in total. The summed E-state index contributed by atoms with van der Waals surface area (Å²) >= 11 is 0. The number of rotatable bonds is 7. The molecule has 0 aromatic heterocycles. The first-order chi connectivity index (χ1) is 10.6. The Morgan fingerprint density at radius 3 is 2.45 bits per heavy atom. The van der Waals surface area contributed by atoms with E-state index < -0.39 is 11.9 Å². The number of hydrogen-bond acceptors (Lipinski definition) is 4. The van der Waals surface area contributed by atoms with Crippen molar-refractivity contribution in [1.29, 1.82) is 0 Å². The van der Waals surface area contributed by atoms with Crippen LogP contribution in [0.15, 0.2) is 36.4 Å². The third kappa shape index (κ3) is 5.14. The Morgan fingerprint density at radius 2 is 1.91 bits per heavy atom. The summed E-state index contributed by atoms with van der Waals surface area (Å²) in [5.74, 6) is -0.570. The second-order valence-electron chi connectivity index (χ2n) is 4.43. The van der Waals surface area contributed by atoms with Crippen molar-refractivity contribution in [3.8, 4) is 0 Å². The van der Waals surface area contributed by atoms with Crippen LogP contribution in [0.2, 0.25) is 0 Å². The van der Waals surface area contributed by atoms with Crippen LogP contribution in [-0.2, 0) is 14.4 Å². The summed E-state index contributed by atoms with van der Waals surface area (Å²) in [4.78, 5) is 40.9. The first kappa shape index (κ1) is 17.6. The maximum atomic E-state index is 12.2. The summed E-state index contributed by atoms with van der Waals surface area (Å²) in [6, 6.07) is 8.54. The van der Waals surface area contributed by atoms with Crippen LogP contribution in [-0.4, -0.2) is 48.4 Å². The van der Waals surface area contributed by atoms with Crippen molar-refractivity contribution in [2.45, 2.75) is 13.3 Å². The molecular weight excluding hydrogens is 284 g/mol. The van der Waals surface area contributed by atoms with Crippen molar-refractivity contribution < 1.29 is 19.2 Å². The predicted molar refractivity (Wildman–Crippen MR) is 82.7 cm³/mol. The van der Waals surface area contributed by atoms with Gasteiger partial charge in [0.15, 0.2) is 0 Å². The highest BCUT2D eigenvalue weighted by Crippen LogP contribution is 2.05. The third-order valence-electron chi connectivity index (χ3n) is 2.83. The van der Waals surface area contributed by atoms with Gasteiger partial charge < -0.3 is 4.79 Å². The van der Waals surface area contributed by atoms with Crippen LogP contribution >= 0.6 is 0 Å². The Kier molecular flexibility index (Phi) is 7.56. The predicted octanol–water partition coefficient (Wildman–Crippen LogP) is 2.12. The number of imide groups is 1. The third-order valence-corrected chi connectivity index (χ3v) is 2.83. The maximum absolute atomic E-state index is 12.2. The summed E-state index contributed by atoms with van der Waals surface area (Å²) in [6.07, 6.45) is 4.02. The number of carbonyl (C=O) groups excluding carboxylic acids is 3. The minimum absolute atomic E-state index is 0.319. The lowest BCUT2D eigenvalue weighted by Gasteiger charge is -2.25. The van der Waals surface area contributed by atoms with E-state index in [0.29, 0.717) is 19.3 Å². The molecule has 0 radical (unpaired) electrons. The molecule has 0 fully saturated rings. The summed E-state index contributed by atoms with van der Waals surface area (Å²) in [5, 5.41) is 1.05. The SMILES string of the molecule is CCCN(OC)C(=O)N(CC=O)C(=O)C=Cc1ccccc1. The zero-order chi connectivity index (χ0) is 16.4. The molecule has 0 spiro atoms. The van der Waals surface area contributed by atoms with E-state index >= 15 is 0 Å². The Balaban J connectivity index is 2.85. The second-order valence-corrected chi connectivity index (χ2v) is 4.43. The summed E-state index contributed by atoms with van der Waals surface area (Å²) in [7, 11) is 1.34. The molecule has 6 nitrogen and oxygen atoms in total. The number of aldehydes is 1. The molecular formula is C16H20N2O4. The molecule has 0 bridgehead atoms. The molecule has 0 aliphatic heterocycles. The lowest BCUT2D eigenvalue weighted by molar-refractivity contribution is -0.132. The summed E-state index contributed by atoms with van der Waals surface area (Å²) in [5.41, 5.74) is 0.825. The zero-order valence-corrected chi connectivity index (χ0v) is 12.8. The van der Waals surface area contributed by atoms with Crippen LogP contribution in [0, 0.1) is 0 Å². The molecule has 1 aromatic carbocycles. The molecule has 0 aliphatic rings. The van der Waals surface area contributed by atoms with Gasteiger partial charge in [-0.2, -0.15) is 0 Å². The molecule has 22 heavy (non-hydrogen) atoms. The van der Waals surface area contributed by atoms with Gasteiger partial charge in [0, 0.05) is 6.08 Å². The largest absolute Gasteiger partial charge is 0.351 e. The molecule has 3 amide bonds. The van der Waals surface area contributed by atoms with Crippen LogP contribution in [0.1, 0.15) is 18.9 Å². The highest BCUT2D eigenvalue weighted by Gasteiger charge is 2.24. The fourth-order valence-electron chi connectivity index (χ4n) is 1.76. The minimum Gasteiger partial charge on any atom is -0.301 e. The molecule has 0 atom stereocenters. The van der Waals surface area contributed by atoms with Crippen LogP contribution in [0.4, 0.5) is 4.79 Å². The van der Waals surface area contributed by atoms with E-state index in [1.807, 2.05) is 37.3 Å². The Labute approximate surface area is 129 Å². The quantitative estimate of drug-likeness (QED) is 0.439. The minimum atomic E-state index is -0.654. The Bertz CT molecular complexity index is 528. The molecule has 1 rings (SSSR count). The van der Waals surface area contributed by atoms with E-state index in [-0.39, 0.29) is 6.54 Å². The van der Waals surface area contributed by atoms with E-state index in [1.165, 1.54) is 13.2 Å². The van der Waals surface area contributed by atoms with Gasteiger partial charge in [-0.05, 0) is 18.1 Å². The van der Waals surface area contributed by atoms with Crippen LogP contribution in [0.25, 0.3) is 6.08 Å². The average Bonchev–Trinajstić information content (AvgIpc) is 2.55. The molecule has 0 saturated carbocycles. The first-order valence-electron chi connectivity index (χ1n) is 6.97. The first-order valence-corrected chi connectivity index (χ1v) is 6.97. The highest BCUT2D eigenvalue weighted by atomic mass is 16.7. The van der Waals surface area contributed by atoms with Gasteiger partial charge in [0.25, 0.3) is 5.91 Å². The standard InChI is InChI=1S/C16H20N2O4/c1-3-11-18(22-2)16(21)17(12-13-19)15(20)10-9-14-7-5-4-6-8-14/h4-10,13H,3,11-12H2,1-2H3. The normalized spacial score (nSPS) is 10.5. The van der Waals surface area contributed by atoms with Crippen molar-refractivity contribution in [3.63, 3.8) is 0 Å². The second kappa shape index (κ2) is 9.46. The number of carbonyl (C=O) groups is 3. The Morgan fingerprint density at radius 1 is 1.23 bits per heavy atom. The van der Waals surface area contributed by atoms with Gasteiger partial charge in [0.1, 0.15) is 6.29 Å². The molecule has 0 heterocycles. The fraction of sp³-hybridized carbons (Fsp3) is 0.312. The summed E-state index contributed by atoms with van der Waals surface area (Å²) < 4.78 is 0. The van der Waals surface area contributed by atoms with Crippen molar-refractivity contribution in [1.82, 2.24) is 9.96 Å². The lowest BCUT2D eigenvalue weighted by atomic mass is 10.2. The van der Waals surface area contributed by atoms with Crippen molar-refractivity contribution in [2.75, 3.05) is 20.2 Å². The van der Waals surface area contributed by atoms with E-state index in [2.05, 4.69) is 0 Å². The van der Waals surface area contributed by atoms with Crippen molar-refractivity contribution in [2.24, 2.45) is 0 Å². The van der Waals surface area contributed by atoms with Crippen LogP contribution < -0.4 is 0 Å². The summed E-state index contributed by atoms with van der Waals surface area (Å²) in [6.45, 7) is 1.89.